The number of nitrogens with two attached hydrogens (primary N) is 1. The van der Waals surface area contributed by atoms with Crippen LogP contribution in [0.4, 0.5) is 0 Å². The summed E-state index contributed by atoms with van der Waals surface area (Å²) >= 11 is 0. The number of ether oxygens (including phenoxy) is 1. The van der Waals surface area contributed by atoms with Gasteiger partial charge >= 0.3 is 0 Å². The van der Waals surface area contributed by atoms with Crippen LogP contribution in [-0.2, 0) is 4.74 Å². The van der Waals surface area contributed by atoms with E-state index in [0.717, 1.165) is 13.0 Å². The fourth-order valence-corrected chi connectivity index (χ4v) is 1.67. The van der Waals surface area contributed by atoms with Crippen molar-refractivity contribution < 1.29 is 4.74 Å². The molecule has 0 aliphatic heterocycles. The van der Waals surface area contributed by atoms with Crippen LogP contribution in [0.1, 0.15) is 40.0 Å². The van der Waals surface area contributed by atoms with Crippen LogP contribution >= 0.6 is 0 Å². The molecule has 0 saturated carbocycles. The highest BCUT2D eigenvalue weighted by Gasteiger charge is 2.23. The molecule has 0 aromatic carbocycles. The van der Waals surface area contributed by atoms with Gasteiger partial charge in [0.05, 0.1) is 6.10 Å². The van der Waals surface area contributed by atoms with Crippen LogP contribution in [0.5, 0.6) is 0 Å². The maximum Gasteiger partial charge on any atom is 0.0548 e. The first-order valence-electron chi connectivity index (χ1n) is 4.81. The predicted octanol–water partition coefficient (Wildman–Crippen LogP) is 2.18. The second-order valence-corrected chi connectivity index (χ2v) is 4.02. The smallest absolute Gasteiger partial charge is 0.0548 e. The molecule has 0 aromatic heterocycles. The lowest BCUT2D eigenvalue weighted by Gasteiger charge is -2.30. The van der Waals surface area contributed by atoms with E-state index in [2.05, 4.69) is 20.8 Å². The first-order chi connectivity index (χ1) is 5.58. The van der Waals surface area contributed by atoms with Gasteiger partial charge in [0.25, 0.3) is 0 Å². The molecule has 0 rings (SSSR count). The van der Waals surface area contributed by atoms with Crippen molar-refractivity contribution in [3.63, 3.8) is 0 Å². The van der Waals surface area contributed by atoms with Crippen LogP contribution < -0.4 is 5.73 Å². The fraction of sp³-hybridized carbons (Fsp3) is 1.00. The minimum absolute atomic E-state index is 0.268. The van der Waals surface area contributed by atoms with Crippen molar-refractivity contribution in [2.75, 3.05) is 13.7 Å². The second-order valence-electron chi connectivity index (χ2n) is 4.02. The topological polar surface area (TPSA) is 35.2 Å². The van der Waals surface area contributed by atoms with E-state index in [1.54, 1.807) is 7.11 Å². The summed E-state index contributed by atoms with van der Waals surface area (Å²) in [6.07, 6.45) is 3.78. The molecule has 0 spiro atoms. The third-order valence-corrected chi connectivity index (χ3v) is 2.53. The summed E-state index contributed by atoms with van der Waals surface area (Å²) in [5.74, 6) is 0. The van der Waals surface area contributed by atoms with Crippen molar-refractivity contribution in [3.05, 3.63) is 0 Å². The summed E-state index contributed by atoms with van der Waals surface area (Å²) in [6.45, 7) is 7.30. The number of methoxy groups -OCH3 is 1. The van der Waals surface area contributed by atoms with Crippen LogP contribution in [0, 0.1) is 5.41 Å². The summed E-state index contributed by atoms with van der Waals surface area (Å²) in [7, 11) is 1.76. The molecule has 0 aliphatic carbocycles. The van der Waals surface area contributed by atoms with Crippen LogP contribution in [0.2, 0.25) is 0 Å². The molecule has 74 valence electrons. The second kappa shape index (κ2) is 5.55. The van der Waals surface area contributed by atoms with Crippen LogP contribution in [0.15, 0.2) is 0 Å². The van der Waals surface area contributed by atoms with Gasteiger partial charge in [-0.05, 0) is 31.7 Å². The van der Waals surface area contributed by atoms with Crippen molar-refractivity contribution in [2.45, 2.75) is 46.1 Å². The lowest BCUT2D eigenvalue weighted by atomic mass is 9.81. The van der Waals surface area contributed by atoms with Crippen LogP contribution in [-0.4, -0.2) is 19.8 Å². The zero-order valence-corrected chi connectivity index (χ0v) is 8.89. The summed E-state index contributed by atoms with van der Waals surface area (Å²) in [5.41, 5.74) is 6.01. The summed E-state index contributed by atoms with van der Waals surface area (Å²) in [6, 6.07) is 0. The normalized spacial score (nSPS) is 18.8. The Labute approximate surface area is 76.5 Å². The maximum absolute atomic E-state index is 5.74. The van der Waals surface area contributed by atoms with Gasteiger partial charge in [-0.15, -0.1) is 0 Å². The minimum Gasteiger partial charge on any atom is -0.382 e. The molecule has 2 nitrogen and oxygen atoms in total. The quantitative estimate of drug-likeness (QED) is 0.668. The van der Waals surface area contributed by atoms with E-state index in [1.165, 1.54) is 12.8 Å². The molecule has 12 heavy (non-hydrogen) atoms. The number of hydrogen-bond acceptors (Lipinski definition) is 2. The summed E-state index contributed by atoms with van der Waals surface area (Å²) < 4.78 is 5.24. The van der Waals surface area contributed by atoms with Gasteiger partial charge in [-0.2, -0.15) is 0 Å². The third kappa shape index (κ3) is 4.07. The Kier molecular flexibility index (Phi) is 5.51. The number of hydrogen-bond donors (Lipinski definition) is 1. The third-order valence-electron chi connectivity index (χ3n) is 2.53. The van der Waals surface area contributed by atoms with Gasteiger partial charge in [0.2, 0.25) is 0 Å². The highest BCUT2D eigenvalue weighted by Crippen LogP contribution is 2.28. The van der Waals surface area contributed by atoms with Gasteiger partial charge in [-0.25, -0.2) is 0 Å². The first kappa shape index (κ1) is 11.9. The number of rotatable bonds is 6. The van der Waals surface area contributed by atoms with Gasteiger partial charge in [0.1, 0.15) is 0 Å². The average molecular weight is 173 g/mol. The molecule has 2 atom stereocenters. The molecule has 0 amide bonds. The van der Waals surface area contributed by atoms with Crippen LogP contribution in [0.25, 0.3) is 0 Å². The Morgan fingerprint density at radius 2 is 2.08 bits per heavy atom. The van der Waals surface area contributed by atoms with E-state index < -0.39 is 0 Å². The van der Waals surface area contributed by atoms with Crippen molar-refractivity contribution in [1.82, 2.24) is 0 Å². The van der Waals surface area contributed by atoms with Crippen molar-refractivity contribution in [2.24, 2.45) is 11.1 Å². The molecule has 0 saturated heterocycles. The van der Waals surface area contributed by atoms with E-state index in [0.29, 0.717) is 6.10 Å². The molecule has 0 fully saturated rings. The molecule has 0 radical (unpaired) electrons. The van der Waals surface area contributed by atoms with Crippen LogP contribution in [0.3, 0.4) is 0 Å². The molecule has 0 bridgehead atoms. The summed E-state index contributed by atoms with van der Waals surface area (Å²) in [4.78, 5) is 0. The van der Waals surface area contributed by atoms with Gasteiger partial charge < -0.3 is 10.5 Å². The first-order valence-corrected chi connectivity index (χ1v) is 4.81. The minimum atomic E-state index is 0.268. The fourth-order valence-electron chi connectivity index (χ4n) is 1.67. The highest BCUT2D eigenvalue weighted by molar-refractivity contribution is 4.77. The Morgan fingerprint density at radius 1 is 1.50 bits per heavy atom. The lowest BCUT2D eigenvalue weighted by molar-refractivity contribution is 0.0689. The molecule has 0 aromatic rings. The SMILES string of the molecule is CCCC(C)(CN)CC(C)OC. The Bertz CT molecular complexity index is 116. The standard InChI is InChI=1S/C10H23NO/c1-5-6-10(3,8-11)7-9(2)12-4/h9H,5-8,11H2,1-4H3. The Hall–Kier alpha value is -0.0800. The maximum atomic E-state index is 5.74. The van der Waals surface area contributed by atoms with Gasteiger partial charge in [-0.3, -0.25) is 0 Å². The zero-order chi connectivity index (χ0) is 9.61. The van der Waals surface area contributed by atoms with E-state index in [9.17, 15) is 0 Å². The van der Waals surface area contributed by atoms with E-state index in [4.69, 9.17) is 10.5 Å². The lowest BCUT2D eigenvalue weighted by Crippen LogP contribution is -2.31. The van der Waals surface area contributed by atoms with Crippen molar-refractivity contribution >= 4 is 0 Å². The largest absolute Gasteiger partial charge is 0.382 e. The van der Waals surface area contributed by atoms with Gasteiger partial charge in [0, 0.05) is 7.11 Å². The molecule has 2 heteroatoms. The monoisotopic (exact) mass is 173 g/mol. The Morgan fingerprint density at radius 3 is 2.42 bits per heavy atom. The Balaban J connectivity index is 3.94. The van der Waals surface area contributed by atoms with Gasteiger partial charge in [0.15, 0.2) is 0 Å². The molecular formula is C10H23NO. The van der Waals surface area contributed by atoms with E-state index >= 15 is 0 Å². The summed E-state index contributed by atoms with van der Waals surface area (Å²) in [5, 5.41) is 0. The van der Waals surface area contributed by atoms with E-state index in [-0.39, 0.29) is 5.41 Å². The molecular weight excluding hydrogens is 150 g/mol. The molecule has 2 N–H and O–H groups in total. The van der Waals surface area contributed by atoms with E-state index in [1.807, 2.05) is 0 Å². The molecule has 0 aliphatic rings. The average Bonchev–Trinajstić information content (AvgIpc) is 2.05. The predicted molar refractivity (Wildman–Crippen MR) is 53.2 cm³/mol. The van der Waals surface area contributed by atoms with Crippen molar-refractivity contribution in [1.29, 1.82) is 0 Å². The molecule has 0 heterocycles. The molecule has 2 unspecified atom stereocenters. The van der Waals surface area contributed by atoms with Gasteiger partial charge in [-0.1, -0.05) is 20.3 Å². The highest BCUT2D eigenvalue weighted by atomic mass is 16.5. The van der Waals surface area contributed by atoms with Crippen molar-refractivity contribution in [3.8, 4) is 0 Å². The zero-order valence-electron chi connectivity index (χ0n) is 8.89.